The summed E-state index contributed by atoms with van der Waals surface area (Å²) in [6.45, 7) is 13.0. The summed E-state index contributed by atoms with van der Waals surface area (Å²) < 4.78 is 12.1. The van der Waals surface area contributed by atoms with Gasteiger partial charge in [0, 0.05) is 5.92 Å². The Kier molecular flexibility index (Phi) is 6.73. The van der Waals surface area contributed by atoms with Crippen LogP contribution in [0.25, 0.3) is 0 Å². The van der Waals surface area contributed by atoms with Gasteiger partial charge in [-0.25, -0.2) is 9.78 Å². The first-order valence-corrected chi connectivity index (χ1v) is 10.4. The lowest BCUT2D eigenvalue weighted by Gasteiger charge is -2.43. The van der Waals surface area contributed by atoms with Crippen LogP contribution < -0.4 is 10.5 Å². The molecule has 1 aromatic rings. The molecule has 152 valence electrons. The number of hydrogen-bond acceptors (Lipinski definition) is 4. The molecule has 0 saturated heterocycles. The Balaban J connectivity index is 2.51. The third kappa shape index (κ3) is 5.98. The maximum absolute atomic E-state index is 11.6. The van der Waals surface area contributed by atoms with E-state index >= 15 is 0 Å². The first-order chi connectivity index (χ1) is 12.3. The number of ether oxygens (including phenoxy) is 2. The minimum Gasteiger partial charge on any atom is -0.490 e. The number of carbonyl (C=O) groups excluding carboxylic acids is 1. The number of primary amides is 1. The fourth-order valence-electron chi connectivity index (χ4n) is 3.23. The lowest BCUT2D eigenvalue weighted by atomic mass is 9.67. The molecule has 0 bridgehead atoms. The fourth-order valence-corrected chi connectivity index (χ4v) is 4.07. The molecule has 1 aromatic heterocycles. The SMILES string of the molecule is CC(C)(C)C(OC(N)=O)C(c1cc(OCC2CC2)c(Cl)nc1Br)C(C)(C)C. The van der Waals surface area contributed by atoms with Crippen molar-refractivity contribution in [3.63, 3.8) is 0 Å². The van der Waals surface area contributed by atoms with Crippen molar-refractivity contribution < 1.29 is 14.3 Å². The van der Waals surface area contributed by atoms with E-state index in [4.69, 9.17) is 26.8 Å². The van der Waals surface area contributed by atoms with Gasteiger partial charge in [-0.3, -0.25) is 0 Å². The number of hydrogen-bond donors (Lipinski definition) is 1. The summed E-state index contributed by atoms with van der Waals surface area (Å²) in [7, 11) is 0. The lowest BCUT2D eigenvalue weighted by molar-refractivity contribution is -0.00901. The topological polar surface area (TPSA) is 74.4 Å². The van der Waals surface area contributed by atoms with Gasteiger partial charge in [0.05, 0.1) is 6.61 Å². The Hall–Kier alpha value is -1.01. The molecule has 1 heterocycles. The van der Waals surface area contributed by atoms with E-state index in [1.54, 1.807) is 0 Å². The van der Waals surface area contributed by atoms with Crippen molar-refractivity contribution in [2.45, 2.75) is 66.4 Å². The molecule has 2 unspecified atom stereocenters. The summed E-state index contributed by atoms with van der Waals surface area (Å²) in [5, 5.41) is 0.321. The number of amides is 1. The zero-order chi connectivity index (χ0) is 20.6. The average molecular weight is 462 g/mol. The van der Waals surface area contributed by atoms with Gasteiger partial charge in [0.2, 0.25) is 0 Å². The summed E-state index contributed by atoms with van der Waals surface area (Å²) in [6.07, 6.45) is 1.15. The molecule has 1 aliphatic carbocycles. The number of carbonyl (C=O) groups is 1. The van der Waals surface area contributed by atoms with Crippen LogP contribution in [0.1, 0.15) is 65.9 Å². The highest BCUT2D eigenvalue weighted by atomic mass is 79.9. The predicted molar refractivity (Wildman–Crippen MR) is 111 cm³/mol. The molecule has 5 nitrogen and oxygen atoms in total. The van der Waals surface area contributed by atoms with Crippen molar-refractivity contribution >= 4 is 33.6 Å². The summed E-state index contributed by atoms with van der Waals surface area (Å²) in [5.74, 6) is 0.988. The fraction of sp³-hybridized carbons (Fsp3) is 0.700. The normalized spacial score (nSPS) is 17.3. The summed E-state index contributed by atoms with van der Waals surface area (Å²) >= 11 is 9.85. The van der Waals surface area contributed by atoms with E-state index in [1.807, 2.05) is 26.8 Å². The molecule has 1 amide bonds. The summed E-state index contributed by atoms with van der Waals surface area (Å²) in [5.41, 5.74) is 5.71. The number of nitrogens with two attached hydrogens (primary N) is 1. The second kappa shape index (κ2) is 8.16. The largest absolute Gasteiger partial charge is 0.490 e. The molecule has 0 radical (unpaired) electrons. The third-order valence-corrected chi connectivity index (χ3v) is 5.67. The molecule has 2 atom stereocenters. The second-order valence-corrected chi connectivity index (χ2v) is 10.6. The quantitative estimate of drug-likeness (QED) is 0.533. The molecular formula is C20H30BrClN2O3. The Morgan fingerprint density at radius 3 is 2.33 bits per heavy atom. The molecule has 1 aliphatic rings. The molecule has 0 aliphatic heterocycles. The van der Waals surface area contributed by atoms with Gasteiger partial charge in [-0.15, -0.1) is 0 Å². The maximum Gasteiger partial charge on any atom is 0.404 e. The van der Waals surface area contributed by atoms with Crippen LogP contribution in [-0.2, 0) is 4.74 Å². The van der Waals surface area contributed by atoms with Gasteiger partial charge in [0.1, 0.15) is 10.7 Å². The van der Waals surface area contributed by atoms with Crippen LogP contribution in [0.4, 0.5) is 4.79 Å². The smallest absolute Gasteiger partial charge is 0.404 e. The van der Waals surface area contributed by atoms with Crippen molar-refractivity contribution in [3.05, 3.63) is 21.4 Å². The molecule has 0 aromatic carbocycles. The standard InChI is InChI=1S/C20H30BrClN2O3/c1-19(2,3)14(15(20(4,5)6)27-18(23)25)12-9-13(17(22)24-16(12)21)26-10-11-7-8-11/h9,11,14-15H,7-8,10H2,1-6H3,(H2,23,25). The third-order valence-electron chi connectivity index (χ3n) is 4.76. The Morgan fingerprint density at radius 1 is 1.30 bits per heavy atom. The van der Waals surface area contributed by atoms with Crippen molar-refractivity contribution in [1.29, 1.82) is 0 Å². The van der Waals surface area contributed by atoms with Gasteiger partial charge in [-0.05, 0) is 57.1 Å². The van der Waals surface area contributed by atoms with Crippen molar-refractivity contribution in [2.24, 2.45) is 22.5 Å². The molecule has 27 heavy (non-hydrogen) atoms. The highest BCUT2D eigenvalue weighted by Crippen LogP contribution is 2.48. The zero-order valence-corrected chi connectivity index (χ0v) is 19.3. The van der Waals surface area contributed by atoms with Gasteiger partial charge in [0.25, 0.3) is 0 Å². The van der Waals surface area contributed by atoms with E-state index < -0.39 is 12.2 Å². The van der Waals surface area contributed by atoms with Gasteiger partial charge in [-0.1, -0.05) is 53.1 Å². The molecule has 1 fully saturated rings. The van der Waals surface area contributed by atoms with Crippen LogP contribution in [0.5, 0.6) is 5.75 Å². The number of aromatic nitrogens is 1. The van der Waals surface area contributed by atoms with E-state index in [0.29, 0.717) is 28.0 Å². The number of halogens is 2. The molecule has 0 spiro atoms. The highest BCUT2D eigenvalue weighted by Gasteiger charge is 2.43. The first kappa shape index (κ1) is 22.3. The Labute approximate surface area is 175 Å². The van der Waals surface area contributed by atoms with E-state index in [1.165, 1.54) is 12.8 Å². The van der Waals surface area contributed by atoms with Gasteiger partial charge in [0.15, 0.2) is 10.9 Å². The minimum atomic E-state index is -0.785. The van der Waals surface area contributed by atoms with E-state index in [9.17, 15) is 4.79 Å². The highest BCUT2D eigenvalue weighted by molar-refractivity contribution is 9.10. The van der Waals surface area contributed by atoms with Crippen LogP contribution in [0, 0.1) is 16.7 Å². The summed E-state index contributed by atoms with van der Waals surface area (Å²) in [4.78, 5) is 16.1. The van der Waals surface area contributed by atoms with Crippen LogP contribution in [0.2, 0.25) is 5.15 Å². The van der Waals surface area contributed by atoms with E-state index in [2.05, 4.69) is 41.7 Å². The van der Waals surface area contributed by atoms with Crippen LogP contribution in [0.15, 0.2) is 10.7 Å². The number of pyridine rings is 1. The molecule has 7 heteroatoms. The predicted octanol–water partition coefficient (Wildman–Crippen LogP) is 5.93. The second-order valence-electron chi connectivity index (χ2n) is 9.48. The molecule has 2 N–H and O–H groups in total. The van der Waals surface area contributed by atoms with Crippen molar-refractivity contribution in [3.8, 4) is 5.75 Å². The van der Waals surface area contributed by atoms with E-state index in [-0.39, 0.29) is 16.7 Å². The minimum absolute atomic E-state index is 0.174. The van der Waals surface area contributed by atoms with Crippen LogP contribution in [0.3, 0.4) is 0 Å². The molecular weight excluding hydrogens is 432 g/mol. The lowest BCUT2D eigenvalue weighted by Crippen LogP contribution is -2.43. The van der Waals surface area contributed by atoms with Crippen LogP contribution >= 0.6 is 27.5 Å². The number of nitrogens with zero attached hydrogens (tertiary/aromatic N) is 1. The van der Waals surface area contributed by atoms with Gasteiger partial charge >= 0.3 is 6.09 Å². The molecule has 1 saturated carbocycles. The van der Waals surface area contributed by atoms with Gasteiger partial charge < -0.3 is 15.2 Å². The van der Waals surface area contributed by atoms with Crippen molar-refractivity contribution in [1.82, 2.24) is 4.98 Å². The van der Waals surface area contributed by atoms with E-state index in [0.717, 1.165) is 5.56 Å². The maximum atomic E-state index is 11.6. The average Bonchev–Trinajstić information content (AvgIpc) is 3.29. The van der Waals surface area contributed by atoms with Gasteiger partial charge in [-0.2, -0.15) is 0 Å². The zero-order valence-electron chi connectivity index (χ0n) is 16.9. The summed E-state index contributed by atoms with van der Waals surface area (Å²) in [6, 6.07) is 1.92. The van der Waals surface area contributed by atoms with Crippen LogP contribution in [-0.4, -0.2) is 23.8 Å². The van der Waals surface area contributed by atoms with Crippen molar-refractivity contribution in [2.75, 3.05) is 6.61 Å². The molecule has 2 rings (SSSR count). The Morgan fingerprint density at radius 2 is 1.89 bits per heavy atom. The number of rotatable bonds is 6. The monoisotopic (exact) mass is 460 g/mol. The first-order valence-electron chi connectivity index (χ1n) is 9.25. The Bertz CT molecular complexity index is 694.